The number of hydrogen-bond acceptors (Lipinski definition) is 8. The number of nitrogens with one attached hydrogen (secondary N) is 1. The molecule has 4 rings (SSSR count). The SMILES string of the molecule is CCCCn1c(=C2SC(=S)N(NC(C)=O)C2=O)sc(=CC=C2Sc3ccccc3N2CC)c1=O. The fraction of sp³-hybridized carbons (Fsp3) is 0.304. The van der Waals surface area contributed by atoms with Gasteiger partial charge in [0, 0.05) is 24.9 Å². The number of carbonyl (C=O) groups is 2. The summed E-state index contributed by atoms with van der Waals surface area (Å²) in [7, 11) is 0. The molecule has 0 aliphatic carbocycles. The first-order valence-electron chi connectivity index (χ1n) is 10.9. The first-order chi connectivity index (χ1) is 16.3. The zero-order valence-electron chi connectivity index (χ0n) is 19.0. The molecule has 2 aliphatic heterocycles. The molecule has 2 aliphatic rings. The van der Waals surface area contributed by atoms with E-state index in [0.717, 1.165) is 46.9 Å². The Morgan fingerprint density at radius 2 is 1.91 bits per heavy atom. The van der Waals surface area contributed by atoms with Crippen molar-refractivity contribution >= 4 is 79.9 Å². The molecule has 0 unspecified atom stereocenters. The van der Waals surface area contributed by atoms with Crippen molar-refractivity contribution in [2.24, 2.45) is 0 Å². The number of nitrogens with zero attached hydrogens (tertiary/aromatic N) is 3. The van der Waals surface area contributed by atoms with Crippen molar-refractivity contribution in [2.75, 3.05) is 11.4 Å². The Kier molecular flexibility index (Phi) is 7.66. The van der Waals surface area contributed by atoms with Gasteiger partial charge in [-0.25, -0.2) is 0 Å². The Bertz CT molecular complexity index is 1380. The number of hydrogen-bond donors (Lipinski definition) is 1. The number of benzene rings is 1. The number of unbranched alkanes of at least 4 members (excludes halogenated alkanes) is 1. The average molecular weight is 533 g/mol. The fourth-order valence-corrected chi connectivity index (χ4v) is 7.16. The summed E-state index contributed by atoms with van der Waals surface area (Å²) >= 11 is 9.35. The van der Waals surface area contributed by atoms with Crippen LogP contribution in [0.3, 0.4) is 0 Å². The van der Waals surface area contributed by atoms with Crippen LogP contribution in [0.4, 0.5) is 5.69 Å². The van der Waals surface area contributed by atoms with E-state index in [1.54, 1.807) is 16.3 Å². The Hall–Kier alpha value is -2.34. The van der Waals surface area contributed by atoms with Gasteiger partial charge in [-0.3, -0.25) is 24.4 Å². The summed E-state index contributed by atoms with van der Waals surface area (Å²) in [6, 6.07) is 8.23. The standard InChI is InChI=1S/C23H24N4O3S4/c1-4-6-13-26-20(29)17(11-12-18-25(5-2)15-9-7-8-10-16(15)32-18)33-22(26)19-21(30)27(23(31)34-19)24-14(3)28/h7-12H,4-6,13H2,1-3H3,(H,24,28). The molecule has 3 heterocycles. The average Bonchev–Trinajstić information content (AvgIpc) is 3.42. The Morgan fingerprint density at radius 1 is 1.15 bits per heavy atom. The van der Waals surface area contributed by atoms with Gasteiger partial charge in [0.2, 0.25) is 5.91 Å². The quantitative estimate of drug-likeness (QED) is 0.574. The summed E-state index contributed by atoms with van der Waals surface area (Å²) in [4.78, 5) is 41.6. The van der Waals surface area contributed by atoms with Crippen molar-refractivity contribution in [2.45, 2.75) is 45.1 Å². The summed E-state index contributed by atoms with van der Waals surface area (Å²) < 4.78 is 3.02. The maximum Gasteiger partial charge on any atom is 0.288 e. The van der Waals surface area contributed by atoms with Gasteiger partial charge in [-0.1, -0.05) is 37.2 Å². The van der Waals surface area contributed by atoms with Crippen LogP contribution >= 0.6 is 47.1 Å². The van der Waals surface area contributed by atoms with E-state index in [0.29, 0.717) is 20.6 Å². The number of rotatable bonds is 6. The van der Waals surface area contributed by atoms with E-state index >= 15 is 0 Å². The molecule has 0 spiro atoms. The van der Waals surface area contributed by atoms with Crippen LogP contribution in [0.2, 0.25) is 0 Å². The van der Waals surface area contributed by atoms with Crippen LogP contribution in [-0.4, -0.2) is 32.3 Å². The van der Waals surface area contributed by atoms with Gasteiger partial charge in [-0.15, -0.1) is 11.3 Å². The summed E-state index contributed by atoms with van der Waals surface area (Å²) in [5, 5.41) is 2.12. The van der Waals surface area contributed by atoms with Gasteiger partial charge < -0.3 is 4.90 Å². The van der Waals surface area contributed by atoms with Gasteiger partial charge in [-0.2, -0.15) is 5.01 Å². The minimum atomic E-state index is -0.416. The molecule has 2 aromatic rings. The zero-order chi connectivity index (χ0) is 24.4. The molecular formula is C23H24N4O3S4. The monoisotopic (exact) mass is 532 g/mol. The maximum absolute atomic E-state index is 13.3. The van der Waals surface area contributed by atoms with Crippen LogP contribution < -0.4 is 25.1 Å². The normalized spacial score (nSPS) is 18.9. The molecule has 34 heavy (non-hydrogen) atoms. The molecule has 1 N–H and O–H groups in total. The minimum absolute atomic E-state index is 0.126. The first-order valence-corrected chi connectivity index (χ1v) is 13.7. The number of amides is 2. The highest BCUT2D eigenvalue weighted by Crippen LogP contribution is 2.45. The third-order valence-corrected chi connectivity index (χ3v) is 8.98. The van der Waals surface area contributed by atoms with Crippen molar-refractivity contribution in [1.29, 1.82) is 0 Å². The van der Waals surface area contributed by atoms with E-state index in [1.165, 1.54) is 23.2 Å². The van der Waals surface area contributed by atoms with Crippen LogP contribution in [0, 0.1) is 0 Å². The lowest BCUT2D eigenvalue weighted by Crippen LogP contribution is -2.44. The van der Waals surface area contributed by atoms with Gasteiger partial charge in [0.1, 0.15) is 9.57 Å². The predicted molar refractivity (Wildman–Crippen MR) is 145 cm³/mol. The Labute approximate surface area is 215 Å². The van der Waals surface area contributed by atoms with Crippen LogP contribution in [-0.2, 0) is 16.1 Å². The van der Waals surface area contributed by atoms with E-state index < -0.39 is 5.91 Å². The lowest BCUT2D eigenvalue weighted by Gasteiger charge is -2.17. The Balaban J connectivity index is 1.80. The Morgan fingerprint density at radius 3 is 2.62 bits per heavy atom. The van der Waals surface area contributed by atoms with Gasteiger partial charge >= 0.3 is 0 Å². The molecule has 11 heteroatoms. The number of allylic oxidation sites excluding steroid dienone is 1. The molecule has 1 saturated heterocycles. The smallest absolute Gasteiger partial charge is 0.288 e. The second-order valence-corrected chi connectivity index (χ2v) is 11.3. The summed E-state index contributed by atoms with van der Waals surface area (Å²) in [5.74, 6) is -0.802. The number of carbonyl (C=O) groups excluding carboxylic acids is 2. The summed E-state index contributed by atoms with van der Waals surface area (Å²) in [6.07, 6.45) is 5.53. The van der Waals surface area contributed by atoms with Gasteiger partial charge in [0.15, 0.2) is 4.32 Å². The van der Waals surface area contributed by atoms with E-state index in [1.807, 2.05) is 24.3 Å². The lowest BCUT2D eigenvalue weighted by atomic mass is 10.3. The molecule has 1 fully saturated rings. The molecule has 0 bridgehead atoms. The third-order valence-electron chi connectivity index (χ3n) is 5.21. The summed E-state index contributed by atoms with van der Waals surface area (Å²) in [5.41, 5.74) is 3.50. The summed E-state index contributed by atoms with van der Waals surface area (Å²) in [6.45, 7) is 6.80. The highest BCUT2D eigenvalue weighted by Gasteiger charge is 2.35. The maximum atomic E-state index is 13.3. The van der Waals surface area contributed by atoms with Crippen LogP contribution in [0.25, 0.3) is 11.0 Å². The molecule has 0 radical (unpaired) electrons. The van der Waals surface area contributed by atoms with Crippen molar-refractivity contribution in [3.63, 3.8) is 0 Å². The molecule has 178 valence electrons. The molecule has 1 aromatic heterocycles. The lowest BCUT2D eigenvalue weighted by molar-refractivity contribution is -0.131. The number of thioether (sulfide) groups is 2. The largest absolute Gasteiger partial charge is 0.335 e. The molecule has 7 nitrogen and oxygen atoms in total. The van der Waals surface area contributed by atoms with Crippen LogP contribution in [0.15, 0.2) is 45.1 Å². The molecule has 2 amide bonds. The highest BCUT2D eigenvalue weighted by atomic mass is 32.2. The number of para-hydroxylation sites is 1. The highest BCUT2D eigenvalue weighted by molar-refractivity contribution is 8.30. The topological polar surface area (TPSA) is 74.7 Å². The molecular weight excluding hydrogens is 509 g/mol. The van der Waals surface area contributed by atoms with Gasteiger partial charge in [0.25, 0.3) is 11.5 Å². The van der Waals surface area contributed by atoms with E-state index in [9.17, 15) is 14.4 Å². The first kappa shape index (κ1) is 24.8. The number of anilines is 1. The van der Waals surface area contributed by atoms with Crippen LogP contribution in [0.1, 0.15) is 33.6 Å². The number of fused-ring (bicyclic) bond motifs is 1. The van der Waals surface area contributed by atoms with E-state index in [2.05, 4.69) is 36.3 Å². The van der Waals surface area contributed by atoms with E-state index in [-0.39, 0.29) is 15.8 Å². The van der Waals surface area contributed by atoms with Crippen molar-refractivity contribution in [3.8, 4) is 0 Å². The van der Waals surface area contributed by atoms with Gasteiger partial charge in [-0.05, 0) is 61.6 Å². The second-order valence-electron chi connectivity index (χ2n) is 7.57. The number of thiazole rings is 1. The van der Waals surface area contributed by atoms with Crippen molar-refractivity contribution in [1.82, 2.24) is 15.0 Å². The molecule has 0 atom stereocenters. The fourth-order valence-electron chi connectivity index (χ4n) is 3.62. The second kappa shape index (κ2) is 10.5. The minimum Gasteiger partial charge on any atom is -0.335 e. The third kappa shape index (κ3) is 4.74. The van der Waals surface area contributed by atoms with Crippen molar-refractivity contribution in [3.05, 3.63) is 54.9 Å². The molecule has 0 saturated carbocycles. The van der Waals surface area contributed by atoms with Gasteiger partial charge in [0.05, 0.1) is 15.2 Å². The van der Waals surface area contributed by atoms with E-state index in [4.69, 9.17) is 12.2 Å². The number of aromatic nitrogens is 1. The zero-order valence-corrected chi connectivity index (χ0v) is 22.3. The number of hydrazine groups is 1. The van der Waals surface area contributed by atoms with Crippen LogP contribution in [0.5, 0.6) is 0 Å². The number of thiocarbonyl (C=S) groups is 1. The predicted octanol–water partition coefficient (Wildman–Crippen LogP) is 2.98. The molecule has 1 aromatic carbocycles. The van der Waals surface area contributed by atoms with Crippen molar-refractivity contribution < 1.29 is 9.59 Å².